The highest BCUT2D eigenvalue weighted by molar-refractivity contribution is 5.95. The van der Waals surface area contributed by atoms with Crippen LogP contribution in [0.4, 0.5) is 5.69 Å². The molecule has 0 bridgehead atoms. The fourth-order valence-electron chi connectivity index (χ4n) is 2.66. The third-order valence-corrected chi connectivity index (χ3v) is 3.88. The highest BCUT2D eigenvalue weighted by Crippen LogP contribution is 2.32. The molecule has 0 radical (unpaired) electrons. The van der Waals surface area contributed by atoms with E-state index in [4.69, 9.17) is 14.2 Å². The van der Waals surface area contributed by atoms with Crippen molar-refractivity contribution >= 4 is 11.6 Å². The van der Waals surface area contributed by atoms with Crippen LogP contribution in [0.25, 0.3) is 0 Å². The molecule has 1 aliphatic rings. The molecule has 3 aromatic rings. The Morgan fingerprint density at radius 2 is 1.88 bits per heavy atom. The highest BCUT2D eigenvalue weighted by atomic mass is 16.7. The van der Waals surface area contributed by atoms with Crippen molar-refractivity contribution in [2.45, 2.75) is 6.10 Å². The Bertz CT molecular complexity index is 897. The maximum absolute atomic E-state index is 12.6. The van der Waals surface area contributed by atoms with Gasteiger partial charge in [-0.3, -0.25) is 9.78 Å². The van der Waals surface area contributed by atoms with Crippen molar-refractivity contribution in [3.8, 4) is 17.2 Å². The van der Waals surface area contributed by atoms with Gasteiger partial charge < -0.3 is 19.5 Å². The van der Waals surface area contributed by atoms with Crippen LogP contribution in [0.2, 0.25) is 0 Å². The van der Waals surface area contributed by atoms with E-state index in [1.54, 1.807) is 42.7 Å². The van der Waals surface area contributed by atoms with Gasteiger partial charge in [-0.2, -0.15) is 0 Å². The molecule has 4 rings (SSSR count). The molecule has 26 heavy (non-hydrogen) atoms. The zero-order valence-electron chi connectivity index (χ0n) is 13.8. The number of rotatable bonds is 4. The van der Waals surface area contributed by atoms with Crippen molar-refractivity contribution in [2.24, 2.45) is 0 Å². The Balaban J connectivity index is 1.44. The lowest BCUT2D eigenvalue weighted by atomic mass is 10.1. The Morgan fingerprint density at radius 1 is 1.04 bits per heavy atom. The summed E-state index contributed by atoms with van der Waals surface area (Å²) in [6.07, 6.45) is 2.61. The second-order valence-electron chi connectivity index (χ2n) is 5.65. The summed E-state index contributed by atoms with van der Waals surface area (Å²) >= 11 is 0. The molecule has 6 nitrogen and oxygen atoms in total. The Hall–Kier alpha value is -3.38. The van der Waals surface area contributed by atoms with E-state index in [0.29, 0.717) is 28.5 Å². The zero-order valence-corrected chi connectivity index (χ0v) is 13.8. The van der Waals surface area contributed by atoms with Crippen LogP contribution in [0.3, 0.4) is 0 Å². The summed E-state index contributed by atoms with van der Waals surface area (Å²) in [7, 11) is 0. The minimum Gasteiger partial charge on any atom is -0.467 e. The maximum Gasteiger partial charge on any atom is 0.258 e. The van der Waals surface area contributed by atoms with E-state index in [1.165, 1.54) is 0 Å². The van der Waals surface area contributed by atoms with Crippen molar-refractivity contribution in [3.63, 3.8) is 0 Å². The lowest BCUT2D eigenvalue weighted by molar-refractivity contribution is -0.136. The van der Waals surface area contributed by atoms with Crippen LogP contribution in [0, 0.1) is 0 Å². The van der Waals surface area contributed by atoms with Crippen molar-refractivity contribution in [3.05, 3.63) is 78.6 Å². The van der Waals surface area contributed by atoms with Gasteiger partial charge >= 0.3 is 0 Å². The van der Waals surface area contributed by atoms with E-state index in [2.05, 4.69) is 10.3 Å². The second-order valence-corrected chi connectivity index (χ2v) is 5.65. The maximum atomic E-state index is 12.6. The molecule has 0 saturated carbocycles. The van der Waals surface area contributed by atoms with Gasteiger partial charge in [0.2, 0.25) is 0 Å². The molecule has 1 atom stereocenters. The van der Waals surface area contributed by atoms with E-state index in [-0.39, 0.29) is 12.7 Å². The number of hydrogen-bond donors (Lipinski definition) is 1. The van der Waals surface area contributed by atoms with Crippen LogP contribution in [-0.4, -0.2) is 17.7 Å². The number of para-hydroxylation sites is 1. The Morgan fingerprint density at radius 3 is 2.69 bits per heavy atom. The molecular formula is C20H16N2O4. The number of amides is 1. The summed E-state index contributed by atoms with van der Waals surface area (Å²) in [4.78, 5) is 16.6. The summed E-state index contributed by atoms with van der Waals surface area (Å²) < 4.78 is 16.6. The summed E-state index contributed by atoms with van der Waals surface area (Å²) in [6, 6.07) is 18.1. The first-order chi connectivity index (χ1) is 12.8. The van der Waals surface area contributed by atoms with E-state index >= 15 is 0 Å². The molecular weight excluding hydrogens is 332 g/mol. The van der Waals surface area contributed by atoms with E-state index in [9.17, 15) is 4.79 Å². The largest absolute Gasteiger partial charge is 0.467 e. The fraction of sp³-hybridized carbons (Fsp3) is 0.100. The van der Waals surface area contributed by atoms with Gasteiger partial charge in [0.15, 0.2) is 12.9 Å². The molecule has 1 aromatic heterocycles. The van der Waals surface area contributed by atoms with Crippen molar-refractivity contribution in [1.29, 1.82) is 0 Å². The normalized spacial score (nSPS) is 15.5. The topological polar surface area (TPSA) is 69.7 Å². The predicted molar refractivity (Wildman–Crippen MR) is 95.1 cm³/mol. The zero-order chi connectivity index (χ0) is 17.8. The van der Waals surface area contributed by atoms with Crippen LogP contribution in [0.15, 0.2) is 73.1 Å². The lowest BCUT2D eigenvalue weighted by Gasteiger charge is -2.25. The molecule has 0 saturated heterocycles. The number of anilines is 1. The predicted octanol–water partition coefficient (Wildman–Crippen LogP) is 3.92. The van der Waals surface area contributed by atoms with E-state index in [0.717, 1.165) is 0 Å². The second kappa shape index (κ2) is 7.25. The molecule has 1 aliphatic heterocycles. The number of ether oxygens (including phenoxy) is 3. The summed E-state index contributed by atoms with van der Waals surface area (Å²) in [5, 5.41) is 2.86. The molecule has 0 fully saturated rings. The number of fused-ring (bicyclic) bond motifs is 1. The number of aromatic nitrogens is 1. The number of hydrogen-bond acceptors (Lipinski definition) is 5. The van der Waals surface area contributed by atoms with Crippen molar-refractivity contribution < 1.29 is 19.0 Å². The average molecular weight is 348 g/mol. The van der Waals surface area contributed by atoms with Crippen LogP contribution in [0.1, 0.15) is 11.7 Å². The molecule has 6 heteroatoms. The molecule has 1 unspecified atom stereocenters. The van der Waals surface area contributed by atoms with Gasteiger partial charge in [-0.1, -0.05) is 18.2 Å². The van der Waals surface area contributed by atoms with Gasteiger partial charge in [-0.05, 0) is 42.5 Å². The van der Waals surface area contributed by atoms with Crippen LogP contribution >= 0.6 is 0 Å². The van der Waals surface area contributed by atoms with Gasteiger partial charge in [-0.25, -0.2) is 0 Å². The van der Waals surface area contributed by atoms with Crippen molar-refractivity contribution in [1.82, 2.24) is 4.98 Å². The van der Waals surface area contributed by atoms with Crippen LogP contribution in [-0.2, 0) is 9.53 Å². The standard InChI is InChI=1S/C20H16N2O4/c23-20(19-17-5-1-2-6-18(17)24-13-25-19)22-14-7-9-15(10-8-14)26-16-4-3-11-21-12-16/h1-12,19H,13H2,(H,22,23). The lowest BCUT2D eigenvalue weighted by Crippen LogP contribution is -2.28. The van der Waals surface area contributed by atoms with Crippen molar-refractivity contribution in [2.75, 3.05) is 12.1 Å². The van der Waals surface area contributed by atoms with Gasteiger partial charge in [0.1, 0.15) is 17.2 Å². The molecule has 130 valence electrons. The first-order valence-corrected chi connectivity index (χ1v) is 8.12. The Labute approximate surface area is 150 Å². The van der Waals surface area contributed by atoms with Crippen LogP contribution in [0.5, 0.6) is 17.2 Å². The minimum atomic E-state index is -0.703. The molecule has 1 N–H and O–H groups in total. The number of benzene rings is 2. The molecule has 2 aromatic carbocycles. The first kappa shape index (κ1) is 16.1. The van der Waals surface area contributed by atoms with Gasteiger partial charge in [0.25, 0.3) is 5.91 Å². The number of nitrogens with zero attached hydrogens (tertiary/aromatic N) is 1. The molecule has 1 amide bonds. The average Bonchev–Trinajstić information content (AvgIpc) is 2.70. The first-order valence-electron chi connectivity index (χ1n) is 8.12. The SMILES string of the molecule is O=C(Nc1ccc(Oc2cccnc2)cc1)C1OCOc2ccccc21. The van der Waals surface area contributed by atoms with Gasteiger partial charge in [0.05, 0.1) is 6.20 Å². The summed E-state index contributed by atoms with van der Waals surface area (Å²) in [6.45, 7) is 0.0486. The molecule has 0 aliphatic carbocycles. The Kier molecular flexibility index (Phi) is 4.49. The van der Waals surface area contributed by atoms with Gasteiger partial charge in [0, 0.05) is 17.4 Å². The smallest absolute Gasteiger partial charge is 0.258 e. The monoisotopic (exact) mass is 348 g/mol. The number of carbonyl (C=O) groups is 1. The number of nitrogens with one attached hydrogen (secondary N) is 1. The van der Waals surface area contributed by atoms with E-state index in [1.807, 2.05) is 30.3 Å². The number of carbonyl (C=O) groups excluding carboxylic acids is 1. The highest BCUT2D eigenvalue weighted by Gasteiger charge is 2.28. The minimum absolute atomic E-state index is 0.0486. The third kappa shape index (κ3) is 3.50. The quantitative estimate of drug-likeness (QED) is 0.774. The number of pyridine rings is 1. The summed E-state index contributed by atoms with van der Waals surface area (Å²) in [5.74, 6) is 1.72. The van der Waals surface area contributed by atoms with Gasteiger partial charge in [-0.15, -0.1) is 0 Å². The van der Waals surface area contributed by atoms with Crippen LogP contribution < -0.4 is 14.8 Å². The third-order valence-electron chi connectivity index (χ3n) is 3.88. The summed E-state index contributed by atoms with van der Waals surface area (Å²) in [5.41, 5.74) is 1.37. The molecule has 0 spiro atoms. The van der Waals surface area contributed by atoms with E-state index < -0.39 is 6.10 Å². The fourth-order valence-corrected chi connectivity index (χ4v) is 2.66. The molecule has 2 heterocycles.